The number of hydrogen-bond donors (Lipinski definition) is 1. The number of carbonyl (C=O) groups is 2. The molecule has 0 heterocycles. The van der Waals surface area contributed by atoms with E-state index in [1.54, 1.807) is 4.90 Å². The number of benzene rings is 3. The lowest BCUT2D eigenvalue weighted by Gasteiger charge is -2.24. The summed E-state index contributed by atoms with van der Waals surface area (Å²) in [5.41, 5.74) is 5.71. The molecule has 0 fully saturated rings. The molecule has 0 aliphatic carbocycles. The van der Waals surface area contributed by atoms with E-state index in [-0.39, 0.29) is 11.8 Å². The van der Waals surface area contributed by atoms with Crippen molar-refractivity contribution in [2.24, 2.45) is 0 Å². The molecule has 0 spiro atoms. The fourth-order valence-corrected chi connectivity index (χ4v) is 3.59. The second kappa shape index (κ2) is 11.4. The second-order valence-corrected chi connectivity index (χ2v) is 8.74. The quantitative estimate of drug-likeness (QED) is 0.534. The van der Waals surface area contributed by atoms with Crippen LogP contribution in [0.25, 0.3) is 0 Å². The van der Waals surface area contributed by atoms with E-state index in [4.69, 9.17) is 0 Å². The van der Waals surface area contributed by atoms with Gasteiger partial charge in [0, 0.05) is 24.3 Å². The molecule has 0 saturated heterocycles. The Hall–Kier alpha value is -3.44. The van der Waals surface area contributed by atoms with Gasteiger partial charge in [0.2, 0.25) is 5.91 Å². The Labute approximate surface area is 197 Å². The first-order valence-corrected chi connectivity index (χ1v) is 11.3. The number of carbonyl (C=O) groups excluding carboxylic acids is 2. The Morgan fingerprint density at radius 2 is 1.52 bits per heavy atom. The molecule has 33 heavy (non-hydrogen) atoms. The van der Waals surface area contributed by atoms with Gasteiger partial charge in [-0.25, -0.2) is 0 Å². The maximum absolute atomic E-state index is 13.4. The van der Waals surface area contributed by atoms with Crippen LogP contribution in [0, 0.1) is 13.8 Å². The molecule has 0 bridgehead atoms. The molecular weight excluding hydrogens is 410 g/mol. The minimum Gasteiger partial charge on any atom is -0.355 e. The van der Waals surface area contributed by atoms with E-state index in [2.05, 4.69) is 11.4 Å². The minimum absolute atomic E-state index is 0.00283. The van der Waals surface area contributed by atoms with E-state index >= 15 is 0 Å². The average molecular weight is 444 g/mol. The van der Waals surface area contributed by atoms with Crippen LogP contribution in [0.3, 0.4) is 0 Å². The number of nitrogens with zero attached hydrogens (tertiary/aromatic N) is 2. The van der Waals surface area contributed by atoms with Gasteiger partial charge in [-0.3, -0.25) is 9.59 Å². The topological polar surface area (TPSA) is 52.7 Å². The molecule has 0 aliphatic rings. The van der Waals surface area contributed by atoms with Crippen molar-refractivity contribution < 1.29 is 9.59 Å². The number of hydrogen-bond acceptors (Lipinski definition) is 3. The number of rotatable bonds is 9. The number of nitrogens with one attached hydrogen (secondary N) is 1. The number of anilines is 1. The van der Waals surface area contributed by atoms with Crippen LogP contribution in [0.1, 0.15) is 32.6 Å². The summed E-state index contributed by atoms with van der Waals surface area (Å²) in [6.07, 6.45) is 0.317. The van der Waals surface area contributed by atoms with Crippen molar-refractivity contribution >= 4 is 17.5 Å². The first kappa shape index (κ1) is 24.2. The normalized spacial score (nSPS) is 10.8. The molecule has 5 nitrogen and oxygen atoms in total. The molecular formula is C28H33N3O2. The Kier molecular flexibility index (Phi) is 8.39. The molecule has 172 valence electrons. The third kappa shape index (κ3) is 7.29. The monoisotopic (exact) mass is 443 g/mol. The summed E-state index contributed by atoms with van der Waals surface area (Å²) < 4.78 is 0. The summed E-state index contributed by atoms with van der Waals surface area (Å²) in [5.74, 6) is -0.0531. The van der Waals surface area contributed by atoms with Crippen LogP contribution in [-0.4, -0.2) is 43.9 Å². The van der Waals surface area contributed by atoms with Gasteiger partial charge in [-0.2, -0.15) is 0 Å². The van der Waals surface area contributed by atoms with Gasteiger partial charge in [-0.05, 0) is 63.3 Å². The number of aryl methyl sites for hydroxylation is 2. The molecule has 0 aromatic heterocycles. The number of amides is 2. The largest absolute Gasteiger partial charge is 0.355 e. The maximum atomic E-state index is 13.4. The van der Waals surface area contributed by atoms with Gasteiger partial charge in [0.05, 0.1) is 13.0 Å². The predicted octanol–water partition coefficient (Wildman–Crippen LogP) is 4.37. The lowest BCUT2D eigenvalue weighted by molar-refractivity contribution is -0.120. The van der Waals surface area contributed by atoms with Gasteiger partial charge in [-0.15, -0.1) is 0 Å². The molecule has 3 rings (SSSR count). The Bertz CT molecular complexity index is 1070. The van der Waals surface area contributed by atoms with Gasteiger partial charge in [-0.1, -0.05) is 59.7 Å². The Morgan fingerprint density at radius 1 is 0.818 bits per heavy atom. The molecule has 5 heteroatoms. The highest BCUT2D eigenvalue weighted by atomic mass is 16.2. The summed E-state index contributed by atoms with van der Waals surface area (Å²) in [7, 11) is 3.95. The Balaban J connectivity index is 1.78. The van der Waals surface area contributed by atoms with Crippen LogP contribution >= 0.6 is 0 Å². The smallest absolute Gasteiger partial charge is 0.258 e. The zero-order chi connectivity index (χ0) is 23.8. The molecule has 0 unspecified atom stereocenters. The highest BCUT2D eigenvalue weighted by Gasteiger charge is 2.18. The van der Waals surface area contributed by atoms with Crippen LogP contribution in [0.5, 0.6) is 0 Å². The average Bonchev–Trinajstić information content (AvgIpc) is 2.78. The van der Waals surface area contributed by atoms with E-state index in [0.717, 1.165) is 34.5 Å². The zero-order valence-electron chi connectivity index (χ0n) is 20.0. The zero-order valence-corrected chi connectivity index (χ0v) is 20.0. The first-order valence-electron chi connectivity index (χ1n) is 11.3. The van der Waals surface area contributed by atoms with Gasteiger partial charge >= 0.3 is 0 Å². The molecule has 1 N–H and O–H groups in total. The standard InChI is InChI=1S/C28H33N3O2/c1-21-8-12-25(13-9-21)28(33)31(20-24-7-5-6-22(2)18-24)26-14-10-23(11-15-26)19-27(32)29-16-17-30(3)4/h5-15,18H,16-17,19-20H2,1-4H3,(H,29,32). The fraction of sp³-hybridized carbons (Fsp3) is 0.286. The highest BCUT2D eigenvalue weighted by Crippen LogP contribution is 2.22. The van der Waals surface area contributed by atoms with E-state index < -0.39 is 0 Å². The molecule has 3 aromatic carbocycles. The molecule has 0 saturated carbocycles. The summed E-state index contributed by atoms with van der Waals surface area (Å²) in [4.78, 5) is 29.5. The first-order chi connectivity index (χ1) is 15.8. The van der Waals surface area contributed by atoms with Gasteiger partial charge in [0.25, 0.3) is 5.91 Å². The van der Waals surface area contributed by atoms with Crippen molar-refractivity contribution in [1.82, 2.24) is 10.2 Å². The van der Waals surface area contributed by atoms with Crippen LogP contribution in [0.2, 0.25) is 0 Å². The van der Waals surface area contributed by atoms with E-state index in [9.17, 15) is 9.59 Å². The highest BCUT2D eigenvalue weighted by molar-refractivity contribution is 6.06. The van der Waals surface area contributed by atoms with Crippen molar-refractivity contribution in [3.63, 3.8) is 0 Å². The lowest BCUT2D eigenvalue weighted by atomic mass is 10.1. The molecule has 2 amide bonds. The van der Waals surface area contributed by atoms with Crippen molar-refractivity contribution in [2.75, 3.05) is 32.1 Å². The van der Waals surface area contributed by atoms with E-state index in [1.807, 2.05) is 99.6 Å². The third-order valence-electron chi connectivity index (χ3n) is 5.46. The van der Waals surface area contributed by atoms with Crippen molar-refractivity contribution in [2.45, 2.75) is 26.8 Å². The second-order valence-electron chi connectivity index (χ2n) is 8.74. The van der Waals surface area contributed by atoms with Crippen LogP contribution in [-0.2, 0) is 17.8 Å². The van der Waals surface area contributed by atoms with E-state index in [1.165, 1.54) is 0 Å². The van der Waals surface area contributed by atoms with Crippen LogP contribution in [0.15, 0.2) is 72.8 Å². The van der Waals surface area contributed by atoms with Gasteiger partial charge in [0.15, 0.2) is 0 Å². The fourth-order valence-electron chi connectivity index (χ4n) is 3.59. The van der Waals surface area contributed by atoms with E-state index in [0.29, 0.717) is 25.1 Å². The van der Waals surface area contributed by atoms with Gasteiger partial charge in [0.1, 0.15) is 0 Å². The molecule has 3 aromatic rings. The molecule has 0 atom stereocenters. The third-order valence-corrected chi connectivity index (χ3v) is 5.46. The summed E-state index contributed by atoms with van der Waals surface area (Å²) >= 11 is 0. The van der Waals surface area contributed by atoms with Crippen molar-refractivity contribution in [3.05, 3.63) is 101 Å². The summed E-state index contributed by atoms with van der Waals surface area (Å²) in [5, 5.41) is 2.94. The lowest BCUT2D eigenvalue weighted by Crippen LogP contribution is -2.32. The molecule has 0 radical (unpaired) electrons. The number of likely N-dealkylation sites (N-methyl/N-ethyl adjacent to an activating group) is 1. The van der Waals surface area contributed by atoms with Gasteiger partial charge < -0.3 is 15.1 Å². The Morgan fingerprint density at radius 3 is 2.15 bits per heavy atom. The minimum atomic E-state index is -0.0503. The predicted molar refractivity (Wildman–Crippen MR) is 135 cm³/mol. The van der Waals surface area contributed by atoms with Crippen LogP contribution in [0.4, 0.5) is 5.69 Å². The maximum Gasteiger partial charge on any atom is 0.258 e. The van der Waals surface area contributed by atoms with Crippen LogP contribution < -0.4 is 10.2 Å². The molecule has 0 aliphatic heterocycles. The summed E-state index contributed by atoms with van der Waals surface area (Å²) in [6.45, 7) is 5.96. The van der Waals surface area contributed by atoms with Crippen molar-refractivity contribution in [3.8, 4) is 0 Å². The SMILES string of the molecule is Cc1ccc(C(=O)N(Cc2cccc(C)c2)c2ccc(CC(=O)NCCN(C)C)cc2)cc1. The summed E-state index contributed by atoms with van der Waals surface area (Å²) in [6, 6.07) is 23.5. The van der Waals surface area contributed by atoms with Crippen molar-refractivity contribution in [1.29, 1.82) is 0 Å².